The Kier molecular flexibility index (Phi) is 5.15. The quantitative estimate of drug-likeness (QED) is 0.768. The topological polar surface area (TPSA) is 84.7 Å². The minimum Gasteiger partial charge on any atom is -0.398 e. The molecule has 1 fully saturated rings. The van der Waals surface area contributed by atoms with E-state index in [0.29, 0.717) is 13.2 Å². The molecule has 21 heavy (non-hydrogen) atoms. The third-order valence-electron chi connectivity index (χ3n) is 3.44. The van der Waals surface area contributed by atoms with Gasteiger partial charge in [-0.05, 0) is 24.7 Å². The van der Waals surface area contributed by atoms with E-state index in [-0.39, 0.29) is 23.2 Å². The molecule has 1 saturated heterocycles. The number of sulfonamides is 1. The highest BCUT2D eigenvalue weighted by Gasteiger charge is 2.23. The van der Waals surface area contributed by atoms with Crippen molar-refractivity contribution in [2.24, 2.45) is 0 Å². The van der Waals surface area contributed by atoms with Gasteiger partial charge in [-0.25, -0.2) is 17.5 Å². The minimum absolute atomic E-state index is 0.0173. The van der Waals surface area contributed by atoms with Crippen LogP contribution in [0.2, 0.25) is 0 Å². The van der Waals surface area contributed by atoms with Gasteiger partial charge in [-0.1, -0.05) is 6.92 Å². The van der Waals surface area contributed by atoms with Crippen LogP contribution in [0.5, 0.6) is 0 Å². The molecule has 0 spiro atoms. The molecule has 1 heterocycles. The number of benzene rings is 1. The molecule has 1 aromatic carbocycles. The van der Waals surface area contributed by atoms with E-state index in [1.165, 1.54) is 6.07 Å². The second-order valence-corrected chi connectivity index (χ2v) is 6.66. The first kappa shape index (κ1) is 16.2. The number of anilines is 1. The summed E-state index contributed by atoms with van der Waals surface area (Å²) in [5.74, 6) is -0.643. The zero-order chi connectivity index (χ0) is 15.5. The van der Waals surface area contributed by atoms with Crippen molar-refractivity contribution < 1.29 is 17.5 Å². The number of ether oxygens (including phenoxy) is 1. The van der Waals surface area contributed by atoms with Crippen LogP contribution >= 0.6 is 0 Å². The first-order valence-electron chi connectivity index (χ1n) is 6.81. The molecule has 3 N–H and O–H groups in total. The van der Waals surface area contributed by atoms with Crippen LogP contribution in [-0.4, -0.2) is 52.2 Å². The number of nitrogen functional groups attached to an aromatic ring is 1. The number of nitrogens with one attached hydrogen (secondary N) is 1. The molecular formula is C13H20FN3O3S. The number of likely N-dealkylation sites (N-methyl/N-ethyl adjacent to an activating group) is 1. The van der Waals surface area contributed by atoms with Crippen molar-refractivity contribution in [3.05, 3.63) is 24.0 Å². The van der Waals surface area contributed by atoms with E-state index < -0.39 is 15.8 Å². The van der Waals surface area contributed by atoms with Crippen molar-refractivity contribution in [3.8, 4) is 0 Å². The van der Waals surface area contributed by atoms with E-state index in [2.05, 4.69) is 9.62 Å². The predicted molar refractivity (Wildman–Crippen MR) is 77.9 cm³/mol. The fraction of sp³-hybridized carbons (Fsp3) is 0.538. The van der Waals surface area contributed by atoms with Crippen LogP contribution in [0.3, 0.4) is 0 Å². The Hall–Kier alpha value is -1.22. The molecule has 8 heteroatoms. The summed E-state index contributed by atoms with van der Waals surface area (Å²) in [7, 11) is -3.85. The number of halogens is 1. The van der Waals surface area contributed by atoms with E-state index in [4.69, 9.17) is 10.5 Å². The number of hydrogen-bond donors (Lipinski definition) is 2. The van der Waals surface area contributed by atoms with Crippen molar-refractivity contribution in [2.45, 2.75) is 17.9 Å². The summed E-state index contributed by atoms with van der Waals surface area (Å²) in [5, 5.41) is 0. The monoisotopic (exact) mass is 317 g/mol. The Morgan fingerprint density at radius 2 is 2.29 bits per heavy atom. The lowest BCUT2D eigenvalue weighted by molar-refractivity contribution is -0.0229. The van der Waals surface area contributed by atoms with E-state index in [1.807, 2.05) is 6.92 Å². The van der Waals surface area contributed by atoms with Gasteiger partial charge in [0.1, 0.15) is 10.7 Å². The summed E-state index contributed by atoms with van der Waals surface area (Å²) in [4.78, 5) is 1.93. The molecule has 6 nitrogen and oxygen atoms in total. The number of nitrogens with two attached hydrogens (primary N) is 1. The van der Waals surface area contributed by atoms with Crippen molar-refractivity contribution in [1.29, 1.82) is 0 Å². The molecule has 0 aliphatic carbocycles. The van der Waals surface area contributed by atoms with Crippen LogP contribution in [0.4, 0.5) is 10.1 Å². The van der Waals surface area contributed by atoms with E-state index in [0.717, 1.165) is 25.2 Å². The molecule has 118 valence electrons. The molecule has 1 aliphatic heterocycles. The van der Waals surface area contributed by atoms with Crippen molar-refractivity contribution >= 4 is 15.7 Å². The summed E-state index contributed by atoms with van der Waals surface area (Å²) < 4.78 is 45.5. The Labute approximate surface area is 124 Å². The largest absolute Gasteiger partial charge is 0.398 e. The van der Waals surface area contributed by atoms with Crippen LogP contribution in [0.15, 0.2) is 23.1 Å². The lowest BCUT2D eigenvalue weighted by Crippen LogP contribution is -2.47. The summed E-state index contributed by atoms with van der Waals surface area (Å²) in [5.41, 5.74) is 5.62. The van der Waals surface area contributed by atoms with Crippen molar-refractivity contribution in [2.75, 3.05) is 38.5 Å². The molecule has 0 saturated carbocycles. The third-order valence-corrected chi connectivity index (χ3v) is 4.92. The van der Waals surface area contributed by atoms with Gasteiger partial charge in [0.05, 0.1) is 18.4 Å². The molecule has 1 unspecified atom stereocenters. The smallest absolute Gasteiger partial charge is 0.242 e. The number of morpholine rings is 1. The normalized spacial score (nSPS) is 20.6. The average molecular weight is 317 g/mol. The van der Waals surface area contributed by atoms with Crippen LogP contribution in [-0.2, 0) is 14.8 Å². The Morgan fingerprint density at radius 1 is 1.52 bits per heavy atom. The molecule has 1 aliphatic rings. The Balaban J connectivity index is 2.03. The third kappa shape index (κ3) is 4.13. The van der Waals surface area contributed by atoms with Gasteiger partial charge in [-0.2, -0.15) is 0 Å². The highest BCUT2D eigenvalue weighted by molar-refractivity contribution is 7.89. The van der Waals surface area contributed by atoms with Crippen molar-refractivity contribution in [3.63, 3.8) is 0 Å². The van der Waals surface area contributed by atoms with Gasteiger partial charge < -0.3 is 10.5 Å². The van der Waals surface area contributed by atoms with Crippen LogP contribution < -0.4 is 10.5 Å². The summed E-state index contributed by atoms with van der Waals surface area (Å²) in [6.07, 6.45) is -0.219. The molecule has 0 amide bonds. The molecule has 0 radical (unpaired) electrons. The van der Waals surface area contributed by atoms with Gasteiger partial charge in [0.15, 0.2) is 0 Å². The van der Waals surface area contributed by atoms with Gasteiger partial charge in [-0.3, -0.25) is 4.90 Å². The lowest BCUT2D eigenvalue weighted by atomic mass is 10.3. The predicted octanol–water partition coefficient (Wildman–Crippen LogP) is 0.407. The Morgan fingerprint density at radius 3 is 3.00 bits per heavy atom. The molecule has 0 aromatic heterocycles. The summed E-state index contributed by atoms with van der Waals surface area (Å²) in [6, 6.07) is 3.27. The fourth-order valence-corrected chi connectivity index (χ4v) is 3.42. The highest BCUT2D eigenvalue weighted by Crippen LogP contribution is 2.19. The first-order chi connectivity index (χ1) is 9.92. The van der Waals surface area contributed by atoms with Gasteiger partial charge in [0, 0.05) is 19.6 Å². The maximum absolute atomic E-state index is 13.2. The fourth-order valence-electron chi connectivity index (χ4n) is 2.21. The summed E-state index contributed by atoms with van der Waals surface area (Å²) in [6.45, 7) is 5.15. The van der Waals surface area contributed by atoms with Crippen LogP contribution in [0.25, 0.3) is 0 Å². The second-order valence-electron chi connectivity index (χ2n) is 4.92. The van der Waals surface area contributed by atoms with Crippen LogP contribution in [0.1, 0.15) is 6.92 Å². The standard InChI is InChI=1S/C13H20FN3O3S/c1-2-17-5-6-20-11(9-17)8-16-21(18,19)13-7-10(14)3-4-12(13)15/h3-4,7,11,16H,2,5-6,8-9,15H2,1H3. The van der Waals surface area contributed by atoms with E-state index >= 15 is 0 Å². The van der Waals surface area contributed by atoms with Gasteiger partial charge in [0.2, 0.25) is 10.0 Å². The number of nitrogens with zero attached hydrogens (tertiary/aromatic N) is 1. The Bertz CT molecular complexity index is 594. The number of hydrogen-bond acceptors (Lipinski definition) is 5. The number of rotatable bonds is 5. The zero-order valence-electron chi connectivity index (χ0n) is 11.9. The van der Waals surface area contributed by atoms with E-state index in [9.17, 15) is 12.8 Å². The SMILES string of the molecule is CCN1CCOC(CNS(=O)(=O)c2cc(F)ccc2N)C1. The highest BCUT2D eigenvalue weighted by atomic mass is 32.2. The van der Waals surface area contributed by atoms with Crippen molar-refractivity contribution in [1.82, 2.24) is 9.62 Å². The second kappa shape index (κ2) is 6.69. The molecule has 2 rings (SSSR count). The maximum atomic E-state index is 13.2. The summed E-state index contributed by atoms with van der Waals surface area (Å²) >= 11 is 0. The maximum Gasteiger partial charge on any atom is 0.242 e. The molecule has 1 atom stereocenters. The minimum atomic E-state index is -3.85. The van der Waals surface area contributed by atoms with Gasteiger partial charge in [-0.15, -0.1) is 0 Å². The molecule has 0 bridgehead atoms. The van der Waals surface area contributed by atoms with Crippen LogP contribution in [0, 0.1) is 5.82 Å². The molecular weight excluding hydrogens is 297 g/mol. The molecule has 1 aromatic rings. The average Bonchev–Trinajstić information content (AvgIpc) is 2.48. The lowest BCUT2D eigenvalue weighted by Gasteiger charge is -2.32. The van der Waals surface area contributed by atoms with Gasteiger partial charge >= 0.3 is 0 Å². The van der Waals surface area contributed by atoms with E-state index in [1.54, 1.807) is 0 Å². The zero-order valence-corrected chi connectivity index (χ0v) is 12.7. The first-order valence-corrected chi connectivity index (χ1v) is 8.29. The van der Waals surface area contributed by atoms with Gasteiger partial charge in [0.25, 0.3) is 0 Å².